The molecular formula is C12H11ClN2O3S2. The molecule has 0 aliphatic carbocycles. The van der Waals surface area contributed by atoms with Gasteiger partial charge in [0.05, 0.1) is 10.9 Å². The fraction of sp³-hybridized carbons (Fsp3) is 0.250. The van der Waals surface area contributed by atoms with Crippen molar-refractivity contribution in [2.24, 2.45) is 0 Å². The van der Waals surface area contributed by atoms with E-state index in [-0.39, 0.29) is 18.1 Å². The summed E-state index contributed by atoms with van der Waals surface area (Å²) >= 11 is 8.48. The molecule has 8 heteroatoms. The van der Waals surface area contributed by atoms with Gasteiger partial charge in [-0.25, -0.2) is 9.78 Å². The number of halogens is 1. The molecule has 0 aliphatic rings. The van der Waals surface area contributed by atoms with E-state index in [1.165, 1.54) is 28.1 Å². The molecule has 0 saturated carbocycles. The molecule has 0 atom stereocenters. The lowest BCUT2D eigenvalue weighted by Crippen LogP contribution is -2.22. The van der Waals surface area contributed by atoms with Crippen LogP contribution < -0.4 is 5.32 Å². The van der Waals surface area contributed by atoms with Crippen molar-refractivity contribution in [1.82, 2.24) is 10.3 Å². The quantitative estimate of drug-likeness (QED) is 0.853. The van der Waals surface area contributed by atoms with Crippen LogP contribution in [0, 0.1) is 0 Å². The Labute approximate surface area is 128 Å². The molecule has 0 bridgehead atoms. The molecule has 0 unspecified atom stereocenters. The van der Waals surface area contributed by atoms with Gasteiger partial charge in [0.25, 0.3) is 0 Å². The fourth-order valence-corrected chi connectivity index (χ4v) is 3.27. The summed E-state index contributed by atoms with van der Waals surface area (Å²) in [5.41, 5.74) is 0.00692. The van der Waals surface area contributed by atoms with E-state index in [9.17, 15) is 9.59 Å². The average Bonchev–Trinajstić information content (AvgIpc) is 3.03. The number of carbonyl (C=O) groups excluding carboxylic acids is 1. The summed E-state index contributed by atoms with van der Waals surface area (Å²) in [5.74, 6) is -1.16. The lowest BCUT2D eigenvalue weighted by molar-refractivity contribution is -0.121. The number of carboxylic acids is 1. The monoisotopic (exact) mass is 330 g/mol. The second-order valence-electron chi connectivity index (χ2n) is 3.91. The maximum Gasteiger partial charge on any atom is 0.355 e. The molecule has 2 heterocycles. The molecule has 1 amide bonds. The molecule has 2 N–H and O–H groups in total. The molecule has 0 aromatic carbocycles. The molecule has 0 fully saturated rings. The minimum Gasteiger partial charge on any atom is -0.476 e. The van der Waals surface area contributed by atoms with Gasteiger partial charge in [-0.1, -0.05) is 11.6 Å². The van der Waals surface area contributed by atoms with Crippen LogP contribution in [0.5, 0.6) is 0 Å². The van der Waals surface area contributed by atoms with Crippen molar-refractivity contribution in [3.8, 4) is 0 Å². The van der Waals surface area contributed by atoms with Crippen LogP contribution in [0.2, 0.25) is 4.34 Å². The van der Waals surface area contributed by atoms with Crippen LogP contribution in [-0.2, 0) is 17.8 Å². The van der Waals surface area contributed by atoms with Gasteiger partial charge in [-0.05, 0) is 18.6 Å². The Hall–Kier alpha value is -1.44. The number of thiazole rings is 1. The number of aromatic nitrogens is 1. The molecule has 0 radical (unpaired) electrons. The third kappa shape index (κ3) is 4.29. The van der Waals surface area contributed by atoms with Crippen molar-refractivity contribution >= 4 is 46.2 Å². The van der Waals surface area contributed by atoms with Crippen LogP contribution in [0.4, 0.5) is 0 Å². The number of carboxylic acid groups (broad SMARTS) is 1. The average molecular weight is 331 g/mol. The standard InChI is InChI=1S/C12H11ClN2O3S2/c13-9-3-1-7(20-9)2-4-10(16)14-5-11-15-8(6-19-11)12(17)18/h1,3,6H,2,4-5H2,(H,14,16)(H,17,18). The molecule has 2 rings (SSSR count). The smallest absolute Gasteiger partial charge is 0.355 e. The van der Waals surface area contributed by atoms with Crippen molar-refractivity contribution < 1.29 is 14.7 Å². The van der Waals surface area contributed by atoms with Crippen molar-refractivity contribution in [3.63, 3.8) is 0 Å². The summed E-state index contributed by atoms with van der Waals surface area (Å²) in [6.45, 7) is 0.252. The molecule has 106 valence electrons. The third-order valence-electron chi connectivity index (χ3n) is 2.43. The maximum absolute atomic E-state index is 11.7. The highest BCUT2D eigenvalue weighted by atomic mass is 35.5. The van der Waals surface area contributed by atoms with Crippen LogP contribution in [0.3, 0.4) is 0 Å². The van der Waals surface area contributed by atoms with Crippen LogP contribution in [0.25, 0.3) is 0 Å². The lowest BCUT2D eigenvalue weighted by atomic mass is 10.2. The van der Waals surface area contributed by atoms with Crippen molar-refractivity contribution in [1.29, 1.82) is 0 Å². The zero-order valence-electron chi connectivity index (χ0n) is 10.3. The molecular weight excluding hydrogens is 320 g/mol. The number of hydrogen-bond acceptors (Lipinski definition) is 5. The van der Waals surface area contributed by atoms with Gasteiger partial charge < -0.3 is 10.4 Å². The number of nitrogens with zero attached hydrogens (tertiary/aromatic N) is 1. The lowest BCUT2D eigenvalue weighted by Gasteiger charge is -2.01. The van der Waals surface area contributed by atoms with Gasteiger partial charge in [-0.2, -0.15) is 0 Å². The number of hydrogen-bond donors (Lipinski definition) is 2. The van der Waals surface area contributed by atoms with E-state index in [0.717, 1.165) is 4.88 Å². The molecule has 5 nitrogen and oxygen atoms in total. The Morgan fingerprint density at radius 2 is 2.20 bits per heavy atom. The van der Waals surface area contributed by atoms with E-state index in [0.29, 0.717) is 22.2 Å². The second-order valence-corrected chi connectivity index (χ2v) is 6.66. The molecule has 0 aliphatic heterocycles. The molecule has 2 aromatic rings. The third-order valence-corrected chi connectivity index (χ3v) is 4.57. The number of aryl methyl sites for hydroxylation is 1. The maximum atomic E-state index is 11.7. The van der Waals surface area contributed by atoms with E-state index < -0.39 is 5.97 Å². The van der Waals surface area contributed by atoms with Gasteiger partial charge in [-0.15, -0.1) is 22.7 Å². The molecule has 20 heavy (non-hydrogen) atoms. The zero-order chi connectivity index (χ0) is 14.5. The normalized spacial score (nSPS) is 10.4. The highest BCUT2D eigenvalue weighted by molar-refractivity contribution is 7.16. The first-order valence-electron chi connectivity index (χ1n) is 5.73. The van der Waals surface area contributed by atoms with Crippen LogP contribution in [0.1, 0.15) is 26.8 Å². The largest absolute Gasteiger partial charge is 0.476 e. The first-order valence-corrected chi connectivity index (χ1v) is 7.80. The van der Waals surface area contributed by atoms with Crippen LogP contribution in [0.15, 0.2) is 17.5 Å². The van der Waals surface area contributed by atoms with Crippen LogP contribution >= 0.6 is 34.3 Å². The summed E-state index contributed by atoms with van der Waals surface area (Å²) in [4.78, 5) is 27.3. The first kappa shape index (κ1) is 15.0. The Kier molecular flexibility index (Phi) is 5.11. The summed E-state index contributed by atoms with van der Waals surface area (Å²) < 4.78 is 0.712. The molecule has 0 saturated heterocycles. The Balaban J connectivity index is 1.75. The van der Waals surface area contributed by atoms with Crippen LogP contribution in [-0.4, -0.2) is 22.0 Å². The molecule has 2 aromatic heterocycles. The minimum atomic E-state index is -1.06. The van der Waals surface area contributed by atoms with E-state index in [1.54, 1.807) is 0 Å². The number of nitrogens with one attached hydrogen (secondary N) is 1. The summed E-state index contributed by atoms with van der Waals surface area (Å²) in [6.07, 6.45) is 1.01. The minimum absolute atomic E-state index is 0.00692. The summed E-state index contributed by atoms with van der Waals surface area (Å²) in [5, 5.41) is 13.5. The fourth-order valence-electron chi connectivity index (χ4n) is 1.48. The Bertz CT molecular complexity index is 624. The SMILES string of the molecule is O=C(CCc1ccc(Cl)s1)NCc1nc(C(=O)O)cs1. The van der Waals surface area contributed by atoms with Gasteiger partial charge in [0.2, 0.25) is 5.91 Å². The second kappa shape index (κ2) is 6.83. The van der Waals surface area contributed by atoms with E-state index in [4.69, 9.17) is 16.7 Å². The number of amides is 1. The number of carbonyl (C=O) groups is 2. The van der Waals surface area contributed by atoms with Gasteiger partial charge in [0.1, 0.15) is 5.01 Å². The van der Waals surface area contributed by atoms with E-state index in [1.807, 2.05) is 12.1 Å². The Morgan fingerprint density at radius 1 is 1.40 bits per heavy atom. The van der Waals surface area contributed by atoms with Gasteiger partial charge in [0.15, 0.2) is 5.69 Å². The molecule has 0 spiro atoms. The zero-order valence-corrected chi connectivity index (χ0v) is 12.6. The summed E-state index contributed by atoms with van der Waals surface area (Å²) in [7, 11) is 0. The van der Waals surface area contributed by atoms with Crippen molar-refractivity contribution in [3.05, 3.63) is 37.4 Å². The van der Waals surface area contributed by atoms with Gasteiger partial charge in [-0.3, -0.25) is 4.79 Å². The predicted octanol–water partition coefficient (Wildman–Crippen LogP) is 2.81. The highest BCUT2D eigenvalue weighted by Crippen LogP contribution is 2.22. The predicted molar refractivity (Wildman–Crippen MR) is 78.6 cm³/mol. The van der Waals surface area contributed by atoms with Gasteiger partial charge >= 0.3 is 5.97 Å². The number of aromatic carboxylic acids is 1. The topological polar surface area (TPSA) is 79.3 Å². The highest BCUT2D eigenvalue weighted by Gasteiger charge is 2.09. The summed E-state index contributed by atoms with van der Waals surface area (Å²) in [6, 6.07) is 3.71. The Morgan fingerprint density at radius 3 is 2.80 bits per heavy atom. The first-order chi connectivity index (χ1) is 9.54. The van der Waals surface area contributed by atoms with E-state index >= 15 is 0 Å². The van der Waals surface area contributed by atoms with Gasteiger partial charge in [0, 0.05) is 16.7 Å². The van der Waals surface area contributed by atoms with Crippen molar-refractivity contribution in [2.75, 3.05) is 0 Å². The number of thiophene rings is 1. The number of rotatable bonds is 6. The van der Waals surface area contributed by atoms with E-state index in [2.05, 4.69) is 10.3 Å². The van der Waals surface area contributed by atoms with Crippen molar-refractivity contribution in [2.45, 2.75) is 19.4 Å².